The molecule has 3 aliphatic rings. The first kappa shape index (κ1) is 20.5. The third kappa shape index (κ3) is 3.53. The molecular weight excluding hydrogens is 420 g/mol. The molecule has 2 aliphatic carbocycles. The second-order valence-corrected chi connectivity index (χ2v) is 9.83. The first-order valence-electron chi connectivity index (χ1n) is 11.6. The molecule has 3 aromatic rings. The van der Waals surface area contributed by atoms with Gasteiger partial charge in [0.05, 0.1) is 36.7 Å². The Balaban J connectivity index is 1.36. The summed E-state index contributed by atoms with van der Waals surface area (Å²) in [6, 6.07) is 7.14. The van der Waals surface area contributed by atoms with Crippen LogP contribution < -0.4 is 14.8 Å². The Morgan fingerprint density at radius 1 is 1.24 bits per heavy atom. The molecule has 0 radical (unpaired) electrons. The van der Waals surface area contributed by atoms with Gasteiger partial charge in [0, 0.05) is 29.9 Å². The monoisotopic (exact) mass is 448 g/mol. The van der Waals surface area contributed by atoms with E-state index in [0.717, 1.165) is 49.9 Å². The third-order valence-corrected chi connectivity index (χ3v) is 7.40. The summed E-state index contributed by atoms with van der Waals surface area (Å²) in [5.41, 5.74) is 2.20. The van der Waals surface area contributed by atoms with Gasteiger partial charge in [0.1, 0.15) is 17.2 Å². The molecule has 172 valence electrons. The zero-order valence-corrected chi connectivity index (χ0v) is 19.0. The Hall–Kier alpha value is -3.13. The number of anilines is 1. The predicted octanol–water partition coefficient (Wildman–Crippen LogP) is 4.13. The molecule has 2 saturated carbocycles. The fourth-order valence-corrected chi connectivity index (χ4v) is 5.24. The maximum Gasteiger partial charge on any atom is 0.262 e. The first-order chi connectivity index (χ1) is 16.0. The van der Waals surface area contributed by atoms with E-state index in [2.05, 4.69) is 17.2 Å². The largest absolute Gasteiger partial charge is 0.489 e. The number of rotatable bonds is 6. The maximum atomic E-state index is 13.3. The molecule has 6 rings (SSSR count). The summed E-state index contributed by atoms with van der Waals surface area (Å²) in [5, 5.41) is 2.88. The van der Waals surface area contributed by atoms with E-state index in [4.69, 9.17) is 19.2 Å². The van der Waals surface area contributed by atoms with E-state index in [0.29, 0.717) is 29.6 Å². The van der Waals surface area contributed by atoms with Gasteiger partial charge in [-0.15, -0.1) is 0 Å². The van der Waals surface area contributed by atoms with Crippen molar-refractivity contribution in [1.29, 1.82) is 0 Å². The predicted molar refractivity (Wildman–Crippen MR) is 122 cm³/mol. The number of hydrogen-bond donors (Lipinski definition) is 1. The molecule has 3 fully saturated rings. The van der Waals surface area contributed by atoms with Gasteiger partial charge in [-0.3, -0.25) is 4.79 Å². The highest BCUT2D eigenvalue weighted by molar-refractivity contribution is 6.05. The number of methoxy groups -OCH3 is 1. The third-order valence-electron chi connectivity index (χ3n) is 7.40. The molecule has 8 heteroatoms. The van der Waals surface area contributed by atoms with Gasteiger partial charge in [0.15, 0.2) is 0 Å². The van der Waals surface area contributed by atoms with Crippen molar-refractivity contribution in [3.63, 3.8) is 0 Å². The van der Waals surface area contributed by atoms with E-state index in [1.807, 2.05) is 22.9 Å². The number of pyridine rings is 2. The number of carbonyl (C=O) groups excluding carboxylic acids is 1. The van der Waals surface area contributed by atoms with Crippen molar-refractivity contribution in [2.24, 2.45) is 0 Å². The van der Waals surface area contributed by atoms with Crippen LogP contribution in [0.3, 0.4) is 0 Å². The van der Waals surface area contributed by atoms with Crippen molar-refractivity contribution in [2.45, 2.75) is 62.6 Å². The van der Waals surface area contributed by atoms with Gasteiger partial charge in [-0.2, -0.15) is 4.98 Å². The number of ether oxygens (including phenoxy) is 3. The molecule has 0 aromatic carbocycles. The zero-order chi connectivity index (χ0) is 22.6. The summed E-state index contributed by atoms with van der Waals surface area (Å²) >= 11 is 0. The number of hydrogen-bond acceptors (Lipinski definition) is 6. The standard InChI is InChI=1S/C25H28N4O4/c1-24-9-10-25(14-24,15-32-24)19-13-29-12-17(18(11-21(29)26-19)33-16-5-3-6-16)23(30)28-20-7-4-8-22(27-20)31-2/h4,7-8,11-13,16H,3,5-6,9-10,14-15H2,1-2H3,(H,27,28,30). The second-order valence-electron chi connectivity index (χ2n) is 9.83. The Labute approximate surface area is 192 Å². The lowest BCUT2D eigenvalue weighted by Crippen LogP contribution is -2.26. The Morgan fingerprint density at radius 2 is 2.12 bits per heavy atom. The fourth-order valence-electron chi connectivity index (χ4n) is 5.24. The molecule has 1 N–H and O–H groups in total. The van der Waals surface area contributed by atoms with Crippen molar-refractivity contribution in [2.75, 3.05) is 19.0 Å². The van der Waals surface area contributed by atoms with Gasteiger partial charge in [-0.05, 0) is 51.5 Å². The Kier molecular flexibility index (Phi) is 4.62. The van der Waals surface area contributed by atoms with Crippen LogP contribution in [0.1, 0.15) is 61.5 Å². The minimum atomic E-state index is -0.280. The average molecular weight is 449 g/mol. The van der Waals surface area contributed by atoms with Crippen LogP contribution in [-0.4, -0.2) is 45.7 Å². The molecule has 1 saturated heterocycles. The summed E-state index contributed by atoms with van der Waals surface area (Å²) in [4.78, 5) is 22.5. The van der Waals surface area contributed by atoms with E-state index >= 15 is 0 Å². The molecule has 2 bridgehead atoms. The van der Waals surface area contributed by atoms with E-state index in [1.54, 1.807) is 25.3 Å². The number of aromatic nitrogens is 3. The normalized spacial score (nSPS) is 26.4. The van der Waals surface area contributed by atoms with Crippen LogP contribution in [0.15, 0.2) is 36.7 Å². The van der Waals surface area contributed by atoms with E-state index < -0.39 is 0 Å². The molecule has 2 atom stereocenters. The highest BCUT2D eigenvalue weighted by atomic mass is 16.5. The van der Waals surface area contributed by atoms with Gasteiger partial charge >= 0.3 is 0 Å². The van der Waals surface area contributed by atoms with E-state index in [1.165, 1.54) is 0 Å². The summed E-state index contributed by atoms with van der Waals surface area (Å²) < 4.78 is 19.4. The van der Waals surface area contributed by atoms with Crippen LogP contribution >= 0.6 is 0 Å². The van der Waals surface area contributed by atoms with Gasteiger partial charge in [0.2, 0.25) is 5.88 Å². The number of imidazole rings is 1. The molecular formula is C25H28N4O4. The minimum absolute atomic E-state index is 0.0386. The van der Waals surface area contributed by atoms with Crippen LogP contribution in [0.2, 0.25) is 0 Å². The summed E-state index contributed by atoms with van der Waals surface area (Å²) in [7, 11) is 1.55. The number of nitrogens with zero attached hydrogens (tertiary/aromatic N) is 3. The number of carbonyl (C=O) groups is 1. The summed E-state index contributed by atoms with van der Waals surface area (Å²) in [5.74, 6) is 1.14. The molecule has 4 heterocycles. The van der Waals surface area contributed by atoms with Gasteiger partial charge < -0.3 is 23.9 Å². The van der Waals surface area contributed by atoms with Crippen LogP contribution in [0.4, 0.5) is 5.82 Å². The first-order valence-corrected chi connectivity index (χ1v) is 11.6. The fraction of sp³-hybridized carbons (Fsp3) is 0.480. The highest BCUT2D eigenvalue weighted by Gasteiger charge is 2.55. The smallest absolute Gasteiger partial charge is 0.262 e. The molecule has 0 spiro atoms. The highest BCUT2D eigenvalue weighted by Crippen LogP contribution is 2.53. The minimum Gasteiger partial charge on any atom is -0.489 e. The molecule has 3 aromatic heterocycles. The summed E-state index contributed by atoms with van der Waals surface area (Å²) in [6.45, 7) is 2.89. The van der Waals surface area contributed by atoms with Crippen LogP contribution in [0.25, 0.3) is 5.65 Å². The van der Waals surface area contributed by atoms with Crippen LogP contribution in [-0.2, 0) is 10.2 Å². The molecule has 2 unspecified atom stereocenters. The number of amides is 1. The van der Waals surface area contributed by atoms with Gasteiger partial charge in [0.25, 0.3) is 5.91 Å². The second kappa shape index (κ2) is 7.45. The van der Waals surface area contributed by atoms with Crippen molar-refractivity contribution in [3.8, 4) is 11.6 Å². The zero-order valence-electron chi connectivity index (χ0n) is 19.0. The SMILES string of the molecule is COc1cccc(NC(=O)c2cn3cc(C45CCC(C)(C4)OC5)nc3cc2OC2CCC2)n1. The van der Waals surface area contributed by atoms with Crippen LogP contribution in [0, 0.1) is 0 Å². The number of nitrogens with one attached hydrogen (secondary N) is 1. The summed E-state index contributed by atoms with van der Waals surface area (Å²) in [6.07, 6.45) is 10.3. The van der Waals surface area contributed by atoms with E-state index in [9.17, 15) is 4.79 Å². The lowest BCUT2D eigenvalue weighted by Gasteiger charge is -2.27. The Morgan fingerprint density at radius 3 is 2.79 bits per heavy atom. The lowest BCUT2D eigenvalue weighted by atomic mass is 9.84. The Bertz CT molecular complexity index is 1220. The lowest BCUT2D eigenvalue weighted by molar-refractivity contribution is -0.00627. The van der Waals surface area contributed by atoms with Crippen LogP contribution in [0.5, 0.6) is 11.6 Å². The van der Waals surface area contributed by atoms with Crippen molar-refractivity contribution in [1.82, 2.24) is 14.4 Å². The molecule has 8 nitrogen and oxygen atoms in total. The topological polar surface area (TPSA) is 87.0 Å². The quantitative estimate of drug-likeness (QED) is 0.610. The van der Waals surface area contributed by atoms with Crippen molar-refractivity contribution in [3.05, 3.63) is 47.9 Å². The van der Waals surface area contributed by atoms with Gasteiger partial charge in [-0.25, -0.2) is 4.98 Å². The maximum absolute atomic E-state index is 13.3. The molecule has 1 aliphatic heterocycles. The van der Waals surface area contributed by atoms with Crippen molar-refractivity contribution < 1.29 is 19.0 Å². The molecule has 1 amide bonds. The van der Waals surface area contributed by atoms with Crippen molar-refractivity contribution >= 4 is 17.4 Å². The molecule has 33 heavy (non-hydrogen) atoms. The van der Waals surface area contributed by atoms with Gasteiger partial charge in [-0.1, -0.05) is 6.07 Å². The van der Waals surface area contributed by atoms with E-state index in [-0.39, 0.29) is 23.0 Å². The number of fused-ring (bicyclic) bond motifs is 3. The average Bonchev–Trinajstić information content (AvgIpc) is 3.46.